The van der Waals surface area contributed by atoms with Crippen LogP contribution in [0.4, 0.5) is 21.0 Å². The Balaban J connectivity index is 1.42. The number of Topliss-reactive ketones (excluding diaryl/α,β-unsaturated/α-hetero) is 1. The van der Waals surface area contributed by atoms with E-state index < -0.39 is 16.3 Å². The monoisotopic (exact) mass is 622 g/mol. The van der Waals surface area contributed by atoms with Gasteiger partial charge in [-0.15, -0.1) is 0 Å². The molecule has 0 atom stereocenters. The smallest absolute Gasteiger partial charge is 0.412 e. The van der Waals surface area contributed by atoms with E-state index in [4.69, 9.17) is 14.2 Å². The SMILES string of the molecule is CC(C)(C)c1ccccc1NC(=O)OCSC1(SCOC(=O)Nc2ccccc2C(C)(C)C)COc2ccccc2C1=O. The number of ketones is 1. The highest BCUT2D eigenvalue weighted by Crippen LogP contribution is 2.45. The van der Waals surface area contributed by atoms with Crippen LogP contribution in [0.15, 0.2) is 72.8 Å². The van der Waals surface area contributed by atoms with E-state index in [-0.39, 0.29) is 35.1 Å². The van der Waals surface area contributed by atoms with Crippen molar-refractivity contribution in [2.75, 3.05) is 29.1 Å². The molecule has 1 aliphatic heterocycles. The first-order valence-corrected chi connectivity index (χ1v) is 15.9. The highest BCUT2D eigenvalue weighted by Gasteiger charge is 2.46. The Morgan fingerprint density at radius 3 is 1.67 bits per heavy atom. The fourth-order valence-electron chi connectivity index (χ4n) is 4.62. The molecule has 3 aromatic carbocycles. The number of benzene rings is 3. The second kappa shape index (κ2) is 13.3. The van der Waals surface area contributed by atoms with Crippen LogP contribution in [0.25, 0.3) is 0 Å². The highest BCUT2D eigenvalue weighted by atomic mass is 32.2. The predicted octanol–water partition coefficient (Wildman–Crippen LogP) is 8.43. The quantitative estimate of drug-likeness (QED) is 0.241. The summed E-state index contributed by atoms with van der Waals surface area (Å²) in [6.07, 6.45) is -1.27. The van der Waals surface area contributed by atoms with Gasteiger partial charge < -0.3 is 14.2 Å². The molecule has 228 valence electrons. The van der Waals surface area contributed by atoms with Gasteiger partial charge >= 0.3 is 12.2 Å². The summed E-state index contributed by atoms with van der Waals surface area (Å²) in [6.45, 7) is 12.4. The first-order valence-electron chi connectivity index (χ1n) is 13.9. The maximum Gasteiger partial charge on any atom is 0.412 e. The van der Waals surface area contributed by atoms with E-state index in [2.05, 4.69) is 52.2 Å². The Morgan fingerprint density at radius 2 is 1.19 bits per heavy atom. The molecular weight excluding hydrogens is 585 g/mol. The molecule has 0 spiro atoms. The van der Waals surface area contributed by atoms with Crippen molar-refractivity contribution in [1.29, 1.82) is 0 Å². The number of para-hydroxylation sites is 3. The average Bonchev–Trinajstić information content (AvgIpc) is 2.94. The van der Waals surface area contributed by atoms with Gasteiger partial charge in [0.15, 0.2) is 9.86 Å². The highest BCUT2D eigenvalue weighted by molar-refractivity contribution is 8.19. The lowest BCUT2D eigenvalue weighted by atomic mass is 9.86. The summed E-state index contributed by atoms with van der Waals surface area (Å²) in [5, 5.41) is 5.63. The summed E-state index contributed by atoms with van der Waals surface area (Å²) in [4.78, 5) is 39.2. The van der Waals surface area contributed by atoms with E-state index in [1.165, 1.54) is 0 Å². The molecule has 1 heterocycles. The molecule has 4 rings (SSSR count). The number of anilines is 2. The number of hydrogen-bond acceptors (Lipinski definition) is 8. The Bertz CT molecular complexity index is 1400. The number of fused-ring (bicyclic) bond motifs is 1. The second-order valence-corrected chi connectivity index (χ2v) is 14.8. The van der Waals surface area contributed by atoms with E-state index in [0.717, 1.165) is 34.7 Å². The van der Waals surface area contributed by atoms with Crippen molar-refractivity contribution in [2.45, 2.75) is 56.5 Å². The van der Waals surface area contributed by atoms with E-state index >= 15 is 0 Å². The third-order valence-electron chi connectivity index (χ3n) is 6.80. The molecule has 0 saturated heterocycles. The van der Waals surface area contributed by atoms with Crippen LogP contribution in [0.5, 0.6) is 5.75 Å². The maximum atomic E-state index is 13.7. The Morgan fingerprint density at radius 1 is 0.744 bits per heavy atom. The zero-order valence-electron chi connectivity index (χ0n) is 25.3. The van der Waals surface area contributed by atoms with Crippen molar-refractivity contribution >= 4 is 52.9 Å². The van der Waals surface area contributed by atoms with Gasteiger partial charge in [-0.1, -0.05) is 114 Å². The number of carbonyl (C=O) groups is 3. The third-order valence-corrected chi connectivity index (χ3v) is 9.52. The number of rotatable bonds is 8. The lowest BCUT2D eigenvalue weighted by Crippen LogP contribution is -2.43. The summed E-state index contributed by atoms with van der Waals surface area (Å²) >= 11 is 2.24. The Kier molecular flexibility index (Phi) is 10.0. The molecule has 0 bridgehead atoms. The number of amides is 2. The molecule has 2 N–H and O–H groups in total. The maximum absolute atomic E-state index is 13.7. The van der Waals surface area contributed by atoms with Crippen LogP contribution in [0.1, 0.15) is 63.0 Å². The standard InChI is InChI=1S/C33H38N2O6S2/c1-31(2,3)23-14-8-10-16-25(23)34-29(37)40-20-42-33(19-39-27-18-12-7-13-22(27)28(33)36)43-21-41-30(38)35-26-17-11-9-15-24(26)32(4,5)6/h7-18H,19-21H2,1-6H3,(H,34,37)(H,35,38). The van der Waals surface area contributed by atoms with Crippen LogP contribution in [0.3, 0.4) is 0 Å². The van der Waals surface area contributed by atoms with Crippen LogP contribution in [0, 0.1) is 0 Å². The summed E-state index contributed by atoms with van der Waals surface area (Å²) in [7, 11) is 0. The summed E-state index contributed by atoms with van der Waals surface area (Å²) < 4.78 is 15.7. The summed E-state index contributed by atoms with van der Waals surface area (Å²) in [5.41, 5.74) is 3.32. The molecule has 43 heavy (non-hydrogen) atoms. The summed E-state index contributed by atoms with van der Waals surface area (Å²) in [5.74, 6) is 0.0328. The van der Waals surface area contributed by atoms with Gasteiger partial charge in [-0.05, 0) is 46.2 Å². The molecule has 3 aromatic rings. The van der Waals surface area contributed by atoms with Gasteiger partial charge in [0.2, 0.25) is 0 Å². The van der Waals surface area contributed by atoms with Crippen molar-refractivity contribution in [3.63, 3.8) is 0 Å². The molecule has 0 unspecified atom stereocenters. The van der Waals surface area contributed by atoms with Gasteiger partial charge in [0, 0.05) is 11.4 Å². The first-order chi connectivity index (χ1) is 20.3. The summed E-state index contributed by atoms with van der Waals surface area (Å²) in [6, 6.07) is 22.1. The second-order valence-electron chi connectivity index (χ2n) is 12.1. The average molecular weight is 623 g/mol. The van der Waals surface area contributed by atoms with Crippen molar-refractivity contribution in [3.05, 3.63) is 89.5 Å². The third kappa shape index (κ3) is 8.06. The van der Waals surface area contributed by atoms with Crippen molar-refractivity contribution < 1.29 is 28.6 Å². The number of thioether (sulfide) groups is 2. The number of nitrogens with one attached hydrogen (secondary N) is 2. The largest absolute Gasteiger partial charge is 0.490 e. The zero-order valence-corrected chi connectivity index (χ0v) is 26.9. The predicted molar refractivity (Wildman–Crippen MR) is 174 cm³/mol. The lowest BCUT2D eigenvalue weighted by molar-refractivity contribution is 0.0922. The van der Waals surface area contributed by atoms with E-state index in [1.54, 1.807) is 24.3 Å². The van der Waals surface area contributed by atoms with Crippen LogP contribution in [-0.2, 0) is 20.3 Å². The normalized spacial score (nSPS) is 14.2. The molecule has 2 amide bonds. The number of carbonyl (C=O) groups excluding carboxylic acids is 3. The number of hydrogen-bond donors (Lipinski definition) is 2. The van der Waals surface area contributed by atoms with Gasteiger partial charge in [-0.3, -0.25) is 15.4 Å². The first kappa shape index (κ1) is 32.3. The van der Waals surface area contributed by atoms with Gasteiger partial charge in [-0.25, -0.2) is 9.59 Å². The van der Waals surface area contributed by atoms with Crippen LogP contribution in [0.2, 0.25) is 0 Å². The van der Waals surface area contributed by atoms with Gasteiger partial charge in [0.1, 0.15) is 24.2 Å². The Labute approximate surface area is 261 Å². The zero-order chi connectivity index (χ0) is 31.3. The van der Waals surface area contributed by atoms with Crippen molar-refractivity contribution in [2.24, 2.45) is 0 Å². The van der Waals surface area contributed by atoms with Gasteiger partial charge in [0.05, 0.1) is 5.56 Å². The lowest BCUT2D eigenvalue weighted by Gasteiger charge is -2.34. The molecule has 0 radical (unpaired) electrons. The van der Waals surface area contributed by atoms with Crippen molar-refractivity contribution in [3.8, 4) is 5.75 Å². The molecule has 0 aromatic heterocycles. The molecule has 8 nitrogen and oxygen atoms in total. The topological polar surface area (TPSA) is 103 Å². The van der Waals surface area contributed by atoms with Gasteiger partial charge in [0.25, 0.3) is 0 Å². The van der Waals surface area contributed by atoms with E-state index in [0.29, 0.717) is 22.7 Å². The minimum atomic E-state index is -1.21. The fourth-order valence-corrected chi connectivity index (χ4v) is 6.72. The molecule has 0 fully saturated rings. The van der Waals surface area contributed by atoms with E-state index in [9.17, 15) is 14.4 Å². The minimum Gasteiger partial charge on any atom is -0.490 e. The van der Waals surface area contributed by atoms with E-state index in [1.807, 2.05) is 48.5 Å². The molecule has 10 heteroatoms. The Hall–Kier alpha value is -3.63. The molecule has 1 aliphatic rings. The van der Waals surface area contributed by atoms with Crippen LogP contribution >= 0.6 is 23.5 Å². The van der Waals surface area contributed by atoms with Crippen LogP contribution < -0.4 is 15.4 Å². The molecular formula is C33H38N2O6S2. The minimum absolute atomic E-state index is 0.00779. The molecule has 0 saturated carbocycles. The number of ether oxygens (including phenoxy) is 3. The van der Waals surface area contributed by atoms with Crippen LogP contribution in [-0.4, -0.2) is 40.5 Å². The van der Waals surface area contributed by atoms with Crippen molar-refractivity contribution in [1.82, 2.24) is 0 Å². The fraction of sp³-hybridized carbons (Fsp3) is 0.364. The molecule has 0 aliphatic carbocycles. The van der Waals surface area contributed by atoms with Gasteiger partial charge in [-0.2, -0.15) is 0 Å².